The molecule has 2 fully saturated rings. The van der Waals surface area contributed by atoms with Gasteiger partial charge in [-0.1, -0.05) is 20.8 Å². The molecule has 2 aromatic carbocycles. The van der Waals surface area contributed by atoms with Crippen molar-refractivity contribution in [3.8, 4) is 0 Å². The minimum atomic E-state index is -2.42. The highest BCUT2D eigenvalue weighted by molar-refractivity contribution is 7.99. The fraction of sp³-hybridized carbons (Fsp3) is 0.485. The van der Waals surface area contributed by atoms with Crippen molar-refractivity contribution < 1.29 is 47.7 Å². The zero-order chi connectivity index (χ0) is 37.8. The summed E-state index contributed by atoms with van der Waals surface area (Å²) in [4.78, 5) is 89.3. The molecule has 0 aliphatic carbocycles. The van der Waals surface area contributed by atoms with Crippen LogP contribution in [-0.2, 0) is 46.3 Å². The second-order valence-corrected chi connectivity index (χ2v) is 19.6. The molecule has 2 aromatic rings. The van der Waals surface area contributed by atoms with Gasteiger partial charge in [0.05, 0.1) is 33.8 Å². The predicted molar refractivity (Wildman–Crippen MR) is 186 cm³/mol. The van der Waals surface area contributed by atoms with Gasteiger partial charge in [0.25, 0.3) is 11.4 Å². The number of thioether (sulfide) groups is 1. The number of nitro benzene ring substituents is 2. The number of nitro groups is 2. The molecule has 2 aliphatic rings. The Bertz CT molecular complexity index is 1700. The van der Waals surface area contributed by atoms with Crippen molar-refractivity contribution in [2.75, 3.05) is 11.6 Å². The molecule has 0 N–H and O–H groups in total. The van der Waals surface area contributed by atoms with Gasteiger partial charge in [-0.3, -0.25) is 44.4 Å². The minimum absolute atomic E-state index is 0.117. The average molecular weight is 745 g/mol. The maximum Gasteiger partial charge on any atom is 0.411 e. The van der Waals surface area contributed by atoms with E-state index in [9.17, 15) is 44.2 Å². The van der Waals surface area contributed by atoms with E-state index in [4.69, 9.17) is 13.9 Å². The van der Waals surface area contributed by atoms with Gasteiger partial charge < -0.3 is 13.9 Å². The molecule has 0 radical (unpaired) electrons. The first-order valence-electron chi connectivity index (χ1n) is 16.0. The molecule has 2 saturated heterocycles. The Balaban J connectivity index is 1.48. The van der Waals surface area contributed by atoms with Gasteiger partial charge in [-0.2, -0.15) is 0 Å². The number of imide groups is 1. The highest BCUT2D eigenvalue weighted by Crippen LogP contribution is 2.41. The fourth-order valence-electron chi connectivity index (χ4n) is 5.46. The molecule has 274 valence electrons. The lowest BCUT2D eigenvalue weighted by Gasteiger charge is -2.49. The van der Waals surface area contributed by atoms with Crippen LogP contribution < -0.4 is 0 Å². The van der Waals surface area contributed by atoms with Gasteiger partial charge in [-0.05, 0) is 60.4 Å². The van der Waals surface area contributed by atoms with E-state index < -0.39 is 78.5 Å². The van der Waals surface area contributed by atoms with Crippen molar-refractivity contribution in [3.63, 3.8) is 0 Å². The Kier molecular flexibility index (Phi) is 12.0. The molecule has 0 saturated carbocycles. The van der Waals surface area contributed by atoms with Crippen LogP contribution in [-0.4, -0.2) is 87.4 Å². The number of Topliss-reactive ketones (excluding diaryl/α,β-unsaturated/α-hetero) is 1. The number of rotatable bonds is 12. The molecule has 2 heterocycles. The second kappa shape index (κ2) is 15.7. The normalized spacial score (nSPS) is 19.6. The van der Waals surface area contributed by atoms with Crippen molar-refractivity contribution in [1.29, 1.82) is 0 Å². The van der Waals surface area contributed by atoms with E-state index >= 15 is 0 Å². The van der Waals surface area contributed by atoms with Crippen LogP contribution in [0.25, 0.3) is 0 Å². The van der Waals surface area contributed by atoms with Crippen LogP contribution in [0, 0.1) is 26.1 Å². The van der Waals surface area contributed by atoms with Gasteiger partial charge in [0, 0.05) is 36.4 Å². The van der Waals surface area contributed by atoms with Gasteiger partial charge in [0.2, 0.25) is 5.91 Å². The largest absolute Gasteiger partial charge is 0.454 e. The number of nitrogens with zero attached hydrogens (tertiary/aromatic N) is 4. The second-order valence-electron chi connectivity index (χ2n) is 13.8. The summed E-state index contributed by atoms with van der Waals surface area (Å²) in [5, 5.41) is 21.6. The number of hydrogen-bond donors (Lipinski definition) is 0. The Morgan fingerprint density at radius 2 is 1.43 bits per heavy atom. The first-order valence-corrected chi connectivity index (χ1v) is 20.1. The Morgan fingerprint density at radius 1 is 0.922 bits per heavy atom. The number of non-ortho nitro benzene ring substituents is 2. The number of esters is 1. The molecular weight excluding hydrogens is 705 g/mol. The Morgan fingerprint density at radius 3 is 1.92 bits per heavy atom. The van der Waals surface area contributed by atoms with E-state index in [2.05, 4.69) is 0 Å². The molecule has 4 atom stereocenters. The van der Waals surface area contributed by atoms with Gasteiger partial charge in [0.15, 0.2) is 14.1 Å². The van der Waals surface area contributed by atoms with Gasteiger partial charge in [-0.25, -0.2) is 9.59 Å². The molecule has 0 spiro atoms. The first-order chi connectivity index (χ1) is 23.8. The molecule has 0 aromatic heterocycles. The van der Waals surface area contributed by atoms with E-state index in [0.717, 1.165) is 0 Å². The molecule has 2 aliphatic heterocycles. The number of amides is 3. The van der Waals surface area contributed by atoms with Crippen molar-refractivity contribution in [2.24, 2.45) is 5.92 Å². The van der Waals surface area contributed by atoms with Crippen LogP contribution in [0.1, 0.15) is 45.2 Å². The van der Waals surface area contributed by atoms with E-state index in [1.165, 1.54) is 65.2 Å². The summed E-state index contributed by atoms with van der Waals surface area (Å²) in [5.74, 6) is -4.32. The smallest absolute Gasteiger partial charge is 0.411 e. The van der Waals surface area contributed by atoms with Gasteiger partial charge in [0.1, 0.15) is 19.3 Å². The third-order valence-corrected chi connectivity index (χ3v) is 15.0. The SMILES string of the molecule is C[C@@H](O[Si](C)(C)C(C)(C)C)[C@H]1C(=O)N(C(=O)C(=O)OCc2ccc([N+](=O)[O-])cc2)[C@@H]1CC(=O)[C@@H]1CSCN1C(=O)OCc1ccc([N+](=O)[O-])cc1. The maximum atomic E-state index is 13.8. The number of ether oxygens (including phenoxy) is 2. The standard InChI is InChI=1S/C33H40N4O12SSi/c1-20(49-51(5,6)33(2,3)4)28-25(35(29(28)39)30(40)31(41)47-16-21-7-11-23(12-8-21)36(43)44)15-27(38)26-18-50-19-34(26)32(42)48-17-22-9-13-24(14-10-22)37(45)46/h7-14,20,25-26,28H,15-19H2,1-6H3/t20-,25-,26+,28-/m1/s1. The highest BCUT2D eigenvalue weighted by Gasteiger charge is 2.57. The van der Waals surface area contributed by atoms with Crippen molar-refractivity contribution in [1.82, 2.24) is 9.80 Å². The van der Waals surface area contributed by atoms with Crippen LogP contribution >= 0.6 is 11.8 Å². The van der Waals surface area contributed by atoms with E-state index in [0.29, 0.717) is 16.0 Å². The quantitative estimate of drug-likeness (QED) is 0.0703. The average Bonchev–Trinajstić information content (AvgIpc) is 3.56. The van der Waals surface area contributed by atoms with Crippen LogP contribution in [0.3, 0.4) is 0 Å². The van der Waals surface area contributed by atoms with E-state index in [1.54, 1.807) is 6.92 Å². The van der Waals surface area contributed by atoms with E-state index in [1.807, 2.05) is 33.9 Å². The topological polar surface area (TPSA) is 206 Å². The third-order valence-electron chi connectivity index (χ3n) is 9.38. The molecule has 3 amide bonds. The summed E-state index contributed by atoms with van der Waals surface area (Å²) in [6.45, 7) is 11.2. The number of carbonyl (C=O) groups is 5. The monoisotopic (exact) mass is 744 g/mol. The van der Waals surface area contributed by atoms with Crippen molar-refractivity contribution in [2.45, 2.75) is 83.6 Å². The lowest BCUT2D eigenvalue weighted by molar-refractivity contribution is -0.385. The summed E-state index contributed by atoms with van der Waals surface area (Å²) in [7, 11) is -2.42. The summed E-state index contributed by atoms with van der Waals surface area (Å²) < 4.78 is 17.0. The summed E-state index contributed by atoms with van der Waals surface area (Å²) in [6.07, 6.45) is -1.85. The number of benzene rings is 2. The first kappa shape index (κ1) is 39.1. The van der Waals surface area contributed by atoms with Crippen LogP contribution in [0.5, 0.6) is 0 Å². The molecule has 0 unspecified atom stereocenters. The predicted octanol–water partition coefficient (Wildman–Crippen LogP) is 4.98. The summed E-state index contributed by atoms with van der Waals surface area (Å²) in [5.41, 5.74) is 0.590. The van der Waals surface area contributed by atoms with Crippen LogP contribution in [0.2, 0.25) is 18.1 Å². The number of ketones is 1. The lowest BCUT2D eigenvalue weighted by Crippen LogP contribution is -2.69. The maximum absolute atomic E-state index is 13.8. The third kappa shape index (κ3) is 8.98. The molecule has 0 bridgehead atoms. The van der Waals surface area contributed by atoms with E-state index in [-0.39, 0.29) is 41.1 Å². The Hall–Kier alpha value is -4.68. The summed E-state index contributed by atoms with van der Waals surface area (Å²) >= 11 is 1.31. The summed E-state index contributed by atoms with van der Waals surface area (Å²) in [6, 6.07) is 8.64. The van der Waals surface area contributed by atoms with Crippen LogP contribution in [0.4, 0.5) is 16.2 Å². The molecule has 18 heteroatoms. The van der Waals surface area contributed by atoms with Gasteiger partial charge >= 0.3 is 18.0 Å². The number of hydrogen-bond acceptors (Lipinski definition) is 13. The number of carbonyl (C=O) groups excluding carboxylic acids is 5. The molecule has 16 nitrogen and oxygen atoms in total. The number of likely N-dealkylation sites (tertiary alicyclic amines) is 1. The zero-order valence-electron chi connectivity index (χ0n) is 29.1. The lowest BCUT2D eigenvalue weighted by atomic mass is 9.79. The van der Waals surface area contributed by atoms with Crippen molar-refractivity contribution >= 4 is 61.1 Å². The fourth-order valence-corrected chi connectivity index (χ4v) is 8.07. The van der Waals surface area contributed by atoms with Gasteiger partial charge in [-0.15, -0.1) is 11.8 Å². The van der Waals surface area contributed by atoms with Crippen molar-refractivity contribution in [3.05, 3.63) is 79.9 Å². The molecular formula is C33H40N4O12SSi. The molecule has 51 heavy (non-hydrogen) atoms. The zero-order valence-corrected chi connectivity index (χ0v) is 30.9. The minimum Gasteiger partial charge on any atom is -0.454 e. The molecule has 4 rings (SSSR count). The van der Waals surface area contributed by atoms with Crippen LogP contribution in [0.15, 0.2) is 48.5 Å². The highest BCUT2D eigenvalue weighted by atomic mass is 32.2. The Labute approximate surface area is 299 Å². The number of β-lactam (4-membered cyclic amide) rings is 1.